The number of nitrogens with zero attached hydrogens (tertiary/aromatic N) is 3. The molecule has 1 amide bonds. The number of benzene rings is 2. The maximum atomic E-state index is 15.2. The normalized spacial score (nSPS) is 28.4. The number of ether oxygens (including phenoxy) is 2. The Morgan fingerprint density at radius 2 is 1.89 bits per heavy atom. The number of fused-ring (bicyclic) bond motifs is 5. The van der Waals surface area contributed by atoms with E-state index in [1.807, 2.05) is 60.5 Å². The molecule has 7 nitrogen and oxygen atoms in total. The molecule has 1 N–H and O–H groups in total. The molecule has 0 aliphatic carbocycles. The summed E-state index contributed by atoms with van der Waals surface area (Å²) in [6.07, 6.45) is 8.70. The van der Waals surface area contributed by atoms with Crippen LogP contribution in [0.3, 0.4) is 0 Å². The van der Waals surface area contributed by atoms with Crippen molar-refractivity contribution < 1.29 is 23.8 Å². The van der Waals surface area contributed by atoms with E-state index in [4.69, 9.17) is 9.47 Å². The van der Waals surface area contributed by atoms with Gasteiger partial charge in [-0.05, 0) is 30.5 Å². The summed E-state index contributed by atoms with van der Waals surface area (Å²) in [5.74, 6) is -0.690. The van der Waals surface area contributed by atoms with Crippen molar-refractivity contribution >= 4 is 5.91 Å². The maximum absolute atomic E-state index is 15.2. The highest BCUT2D eigenvalue weighted by atomic mass is 19.1. The highest BCUT2D eigenvalue weighted by Gasteiger charge is 2.43. The van der Waals surface area contributed by atoms with Gasteiger partial charge in [-0.15, -0.1) is 0 Å². The van der Waals surface area contributed by atoms with Gasteiger partial charge >= 0.3 is 0 Å². The minimum Gasteiger partial charge on any atom is -0.507 e. The molecule has 8 heteroatoms. The van der Waals surface area contributed by atoms with E-state index in [0.29, 0.717) is 12.0 Å². The van der Waals surface area contributed by atoms with Crippen molar-refractivity contribution in [2.24, 2.45) is 0 Å². The number of para-hydroxylation sites is 1. The number of carbonyl (C=O) groups excluding carboxylic acids is 1. The van der Waals surface area contributed by atoms with Crippen LogP contribution in [0.1, 0.15) is 36.9 Å². The highest BCUT2D eigenvalue weighted by molar-refractivity contribution is 5.94. The van der Waals surface area contributed by atoms with Crippen molar-refractivity contribution in [1.82, 2.24) is 14.9 Å². The third kappa shape index (κ3) is 4.50. The second kappa shape index (κ2) is 10.6. The zero-order chi connectivity index (χ0) is 25.1. The van der Waals surface area contributed by atoms with Crippen molar-refractivity contribution in [2.75, 3.05) is 26.5 Å². The van der Waals surface area contributed by atoms with Crippen molar-refractivity contribution in [3.8, 4) is 5.75 Å². The fraction of sp³-hybridized carbons (Fsp3) is 0.321. The van der Waals surface area contributed by atoms with Crippen LogP contribution < -0.4 is 4.74 Å². The third-order valence-corrected chi connectivity index (χ3v) is 6.76. The minimum absolute atomic E-state index is 0.0788. The van der Waals surface area contributed by atoms with Crippen molar-refractivity contribution in [1.29, 1.82) is 0 Å². The summed E-state index contributed by atoms with van der Waals surface area (Å²) < 4.78 is 26.7. The number of amides is 1. The van der Waals surface area contributed by atoms with Crippen LogP contribution in [0, 0.1) is 5.82 Å². The predicted octanol–water partition coefficient (Wildman–Crippen LogP) is 4.66. The van der Waals surface area contributed by atoms with Crippen molar-refractivity contribution in [3.63, 3.8) is 0 Å². The number of hydrogen-bond donors (Lipinski definition) is 1. The number of hydrazine groups is 1. The van der Waals surface area contributed by atoms with E-state index >= 15 is 4.39 Å². The van der Waals surface area contributed by atoms with Gasteiger partial charge in [0.15, 0.2) is 17.3 Å². The SMILES string of the molecule is CC[C@H]1C/C=C/COc2c(F)cccc2[C@H](c2ccccc2)N2CN1C(=O)/C1=C(\O)COC/C=C\N12. The summed E-state index contributed by atoms with van der Waals surface area (Å²) in [5, 5.41) is 14.7. The summed E-state index contributed by atoms with van der Waals surface area (Å²) in [7, 11) is 0. The van der Waals surface area contributed by atoms with Gasteiger partial charge in [-0.25, -0.2) is 4.39 Å². The van der Waals surface area contributed by atoms with Crippen LogP contribution in [0.15, 0.2) is 84.4 Å². The second-order valence-corrected chi connectivity index (χ2v) is 8.95. The molecular weight excluding hydrogens is 461 g/mol. The smallest absolute Gasteiger partial charge is 0.276 e. The first-order valence-electron chi connectivity index (χ1n) is 12.2. The van der Waals surface area contributed by atoms with Gasteiger partial charge in [-0.2, -0.15) is 5.01 Å². The highest BCUT2D eigenvalue weighted by Crippen LogP contribution is 2.41. The van der Waals surface area contributed by atoms with Gasteiger partial charge in [-0.3, -0.25) is 9.80 Å². The molecule has 1 unspecified atom stereocenters. The summed E-state index contributed by atoms with van der Waals surface area (Å²) in [5.41, 5.74) is 1.66. The van der Waals surface area contributed by atoms with E-state index in [1.54, 1.807) is 28.3 Å². The zero-order valence-corrected chi connectivity index (χ0v) is 20.2. The number of hydrogen-bond acceptors (Lipinski definition) is 6. The Kier molecular flexibility index (Phi) is 7.06. The molecule has 2 aromatic rings. The molecule has 0 saturated carbocycles. The Hall–Kier alpha value is -3.62. The predicted molar refractivity (Wildman–Crippen MR) is 133 cm³/mol. The Bertz CT molecular complexity index is 1200. The van der Waals surface area contributed by atoms with E-state index in [-0.39, 0.29) is 55.6 Å². The average Bonchev–Trinajstić information content (AvgIpc) is 2.87. The average molecular weight is 492 g/mol. The van der Waals surface area contributed by atoms with Crippen molar-refractivity contribution in [2.45, 2.75) is 31.8 Å². The Morgan fingerprint density at radius 3 is 2.69 bits per heavy atom. The molecule has 1 fully saturated rings. The van der Waals surface area contributed by atoms with E-state index in [2.05, 4.69) is 0 Å². The molecule has 36 heavy (non-hydrogen) atoms. The standard InChI is InChI=1S/C28H30FN3O4/c1-2-21-12-6-7-17-36-27-22(13-8-14-23(27)29)25(20-10-4-3-5-11-20)32-19-30(21)28(34)26-24(33)18-35-16-9-15-31(26)32/h3-11,13-15,21,25,33H,2,12,16-19H2,1H3/b7-6+,15-9-,26-24+/t21-,25-/m0/s1. The fourth-order valence-electron chi connectivity index (χ4n) is 5.00. The first kappa shape index (κ1) is 24.1. The lowest BCUT2D eigenvalue weighted by atomic mass is 9.96. The van der Waals surface area contributed by atoms with E-state index in [9.17, 15) is 9.90 Å². The van der Waals surface area contributed by atoms with Gasteiger partial charge in [0.05, 0.1) is 19.3 Å². The number of aliphatic hydroxyl groups excluding tert-OH is 1. The molecule has 188 valence electrons. The number of rotatable bonds is 2. The number of halogens is 1. The Labute approximate surface area is 210 Å². The molecule has 2 bridgehead atoms. The van der Waals surface area contributed by atoms with E-state index in [1.165, 1.54) is 6.07 Å². The molecule has 0 spiro atoms. The molecule has 5 rings (SSSR count). The molecule has 3 aliphatic rings. The van der Waals surface area contributed by atoms with Gasteiger partial charge < -0.3 is 19.5 Å². The lowest BCUT2D eigenvalue weighted by Crippen LogP contribution is -2.60. The quantitative estimate of drug-likeness (QED) is 0.617. The molecule has 3 atom stereocenters. The summed E-state index contributed by atoms with van der Waals surface area (Å²) in [6, 6.07) is 14.0. The van der Waals surface area contributed by atoms with Crippen LogP contribution in [0.25, 0.3) is 0 Å². The van der Waals surface area contributed by atoms with E-state index < -0.39 is 11.9 Å². The summed E-state index contributed by atoms with van der Waals surface area (Å²) in [4.78, 5) is 15.6. The van der Waals surface area contributed by atoms with Gasteiger partial charge in [0.1, 0.15) is 19.0 Å². The Morgan fingerprint density at radius 1 is 1.06 bits per heavy atom. The minimum atomic E-state index is -0.513. The van der Waals surface area contributed by atoms with Crippen molar-refractivity contribution in [3.05, 3.63) is 101 Å². The molecule has 3 aliphatic heterocycles. The lowest BCUT2D eigenvalue weighted by molar-refractivity contribution is -0.153. The maximum Gasteiger partial charge on any atom is 0.276 e. The molecule has 0 radical (unpaired) electrons. The van der Waals surface area contributed by atoms with Crippen LogP contribution in [0.4, 0.5) is 4.39 Å². The van der Waals surface area contributed by atoms with Gasteiger partial charge in [0.2, 0.25) is 0 Å². The number of aliphatic hydroxyl groups is 1. The first-order valence-corrected chi connectivity index (χ1v) is 12.2. The van der Waals surface area contributed by atoms with E-state index in [0.717, 1.165) is 12.0 Å². The first-order chi connectivity index (χ1) is 17.6. The summed E-state index contributed by atoms with van der Waals surface area (Å²) >= 11 is 0. The molecule has 1 saturated heterocycles. The summed E-state index contributed by atoms with van der Waals surface area (Å²) in [6.45, 7) is 2.70. The topological polar surface area (TPSA) is 65.5 Å². The molecule has 2 aromatic carbocycles. The van der Waals surface area contributed by atoms with Gasteiger partial charge in [0.25, 0.3) is 5.91 Å². The largest absolute Gasteiger partial charge is 0.507 e. The fourth-order valence-corrected chi connectivity index (χ4v) is 5.00. The van der Waals surface area contributed by atoms with Crippen LogP contribution in [-0.2, 0) is 9.53 Å². The lowest BCUT2D eigenvalue weighted by Gasteiger charge is -2.50. The number of carbonyl (C=O) groups is 1. The molecular formula is C28H30FN3O4. The zero-order valence-electron chi connectivity index (χ0n) is 20.2. The third-order valence-electron chi connectivity index (χ3n) is 6.76. The van der Waals surface area contributed by atoms with Gasteiger partial charge in [-0.1, -0.05) is 61.5 Å². The molecule has 3 heterocycles. The van der Waals surface area contributed by atoms with Crippen LogP contribution in [0.5, 0.6) is 5.75 Å². The van der Waals surface area contributed by atoms with Crippen LogP contribution in [-0.4, -0.2) is 58.5 Å². The second-order valence-electron chi connectivity index (χ2n) is 8.95. The Balaban J connectivity index is 1.77. The van der Waals surface area contributed by atoms with Crippen LogP contribution >= 0.6 is 0 Å². The van der Waals surface area contributed by atoms with Gasteiger partial charge in [0, 0.05) is 17.8 Å². The monoisotopic (exact) mass is 491 g/mol. The molecule has 0 aromatic heterocycles. The van der Waals surface area contributed by atoms with Crippen LogP contribution in [0.2, 0.25) is 0 Å².